The lowest BCUT2D eigenvalue weighted by Crippen LogP contribution is -2.37. The van der Waals surface area contributed by atoms with E-state index < -0.39 is 64.7 Å². The largest absolute Gasteiger partial charge is 0.509 e. The second-order valence-electron chi connectivity index (χ2n) is 14.8. The summed E-state index contributed by atoms with van der Waals surface area (Å²) in [6, 6.07) is 15.0. The van der Waals surface area contributed by atoms with Gasteiger partial charge in [0.05, 0.1) is 41.8 Å². The Balaban J connectivity index is 0.00000132. The Labute approximate surface area is 399 Å². The SMILES string of the molecule is CC.CC.CC.CC(C)N(CCc1c2c(nc3ccccc13)-c1cc3c(c(=O)n1C2)COC(=O)C3OC(=O)OCc1ccc(NC(=O)CNC(=O)COCC(N)=O)cc1)S(C)(=O)=O.CCCCN. The summed E-state index contributed by atoms with van der Waals surface area (Å²) >= 11 is 0. The summed E-state index contributed by atoms with van der Waals surface area (Å²) in [5.41, 5.74) is 13.9. The van der Waals surface area contributed by atoms with Gasteiger partial charge < -0.3 is 45.6 Å². The van der Waals surface area contributed by atoms with Crippen LogP contribution in [0.15, 0.2) is 59.4 Å². The Hall–Kier alpha value is -6.22. The van der Waals surface area contributed by atoms with Crippen LogP contribution in [0.4, 0.5) is 10.5 Å². The van der Waals surface area contributed by atoms with Crippen molar-refractivity contribution in [3.63, 3.8) is 0 Å². The average molecular weight is 968 g/mol. The van der Waals surface area contributed by atoms with Gasteiger partial charge in [-0.15, -0.1) is 0 Å². The number of para-hydroxylation sites is 1. The Morgan fingerprint density at radius 3 is 2.21 bits per heavy atom. The van der Waals surface area contributed by atoms with Crippen LogP contribution in [0.5, 0.6) is 0 Å². The molecule has 4 heterocycles. The van der Waals surface area contributed by atoms with E-state index in [2.05, 4.69) is 17.6 Å². The van der Waals surface area contributed by atoms with E-state index in [0.29, 0.717) is 34.6 Å². The molecule has 0 fully saturated rings. The fourth-order valence-electron chi connectivity index (χ4n) is 6.91. The van der Waals surface area contributed by atoms with Crippen molar-refractivity contribution in [2.75, 3.05) is 44.4 Å². The highest BCUT2D eigenvalue weighted by atomic mass is 32.2. The molecule has 4 aromatic rings. The van der Waals surface area contributed by atoms with Crippen molar-refractivity contribution >= 4 is 56.5 Å². The number of ether oxygens (including phenoxy) is 4. The van der Waals surface area contributed by atoms with Crippen LogP contribution in [0.25, 0.3) is 22.3 Å². The summed E-state index contributed by atoms with van der Waals surface area (Å²) in [6.07, 6.45) is 1.10. The highest BCUT2D eigenvalue weighted by Crippen LogP contribution is 2.39. The highest BCUT2D eigenvalue weighted by Gasteiger charge is 2.38. The van der Waals surface area contributed by atoms with E-state index in [0.717, 1.165) is 23.1 Å². The highest BCUT2D eigenvalue weighted by molar-refractivity contribution is 7.88. The Morgan fingerprint density at radius 2 is 1.62 bits per heavy atom. The predicted molar refractivity (Wildman–Crippen MR) is 261 cm³/mol. The number of aromatic nitrogens is 2. The number of carbonyl (C=O) groups excluding carboxylic acids is 5. The van der Waals surface area contributed by atoms with E-state index in [1.54, 1.807) is 32.0 Å². The molecule has 20 heteroatoms. The predicted octanol–water partition coefficient (Wildman–Crippen LogP) is 5.47. The van der Waals surface area contributed by atoms with Crippen molar-refractivity contribution in [3.05, 3.63) is 92.8 Å². The number of sulfonamides is 1. The van der Waals surface area contributed by atoms with E-state index in [4.69, 9.17) is 35.4 Å². The third kappa shape index (κ3) is 16.2. The van der Waals surface area contributed by atoms with Gasteiger partial charge in [0.25, 0.3) is 5.56 Å². The van der Waals surface area contributed by atoms with Crippen LogP contribution < -0.4 is 27.7 Å². The van der Waals surface area contributed by atoms with Gasteiger partial charge in [-0.1, -0.05) is 85.2 Å². The number of amides is 3. The number of anilines is 1. The zero-order chi connectivity index (χ0) is 51.1. The zero-order valence-electron chi connectivity index (χ0n) is 40.9. The molecule has 2 aliphatic heterocycles. The molecule has 3 amide bonds. The molecule has 0 bridgehead atoms. The second-order valence-corrected chi connectivity index (χ2v) is 16.7. The summed E-state index contributed by atoms with van der Waals surface area (Å²) in [4.78, 5) is 79.3. The van der Waals surface area contributed by atoms with Crippen LogP contribution in [0.3, 0.4) is 0 Å². The number of cyclic esters (lactones) is 1. The number of esters is 1. The van der Waals surface area contributed by atoms with Gasteiger partial charge in [0.2, 0.25) is 33.8 Å². The second kappa shape index (κ2) is 28.8. The maximum Gasteiger partial charge on any atom is 0.509 e. The first-order valence-corrected chi connectivity index (χ1v) is 24.7. The van der Waals surface area contributed by atoms with Crippen LogP contribution in [0, 0.1) is 0 Å². The van der Waals surface area contributed by atoms with Gasteiger partial charge in [0.1, 0.15) is 26.4 Å². The molecule has 374 valence electrons. The minimum Gasteiger partial charge on any atom is -0.458 e. The van der Waals surface area contributed by atoms with Crippen molar-refractivity contribution in [1.29, 1.82) is 0 Å². The number of primary amides is 1. The number of hydrogen-bond donors (Lipinski definition) is 4. The van der Waals surface area contributed by atoms with E-state index in [1.165, 1.54) is 40.1 Å². The standard InChI is InChI=1S/C38H40N6O12S.C4H11N.3C2H6/c1-21(2)44(57(3,51)52)13-12-24-25-6-4-5-7-29(25)42-34-27(24)16-43-30(34)14-26-28(36(43)48)18-54-37(49)35(26)56-38(50)55-17-22-8-10-23(11-9-22)41-32(46)15-40-33(47)20-53-19-31(39)45;1-2-3-4-5;3*1-2/h4-11,14,21,35H,12-13,15-20H2,1-3H3,(H2,39,45)(H,40,47)(H,41,46);2-5H2,1H3;3*1-2H3. The van der Waals surface area contributed by atoms with Crippen LogP contribution >= 0.6 is 0 Å². The molecule has 68 heavy (non-hydrogen) atoms. The quantitative estimate of drug-likeness (QED) is 0.0842. The molecule has 0 radical (unpaired) electrons. The summed E-state index contributed by atoms with van der Waals surface area (Å²) in [6.45, 7) is 17.1. The van der Waals surface area contributed by atoms with E-state index >= 15 is 0 Å². The third-order valence-corrected chi connectivity index (χ3v) is 11.3. The van der Waals surface area contributed by atoms with Gasteiger partial charge in [-0.2, -0.15) is 4.31 Å². The molecule has 0 spiro atoms. The number of benzene rings is 2. The van der Waals surface area contributed by atoms with Gasteiger partial charge in [-0.3, -0.25) is 19.2 Å². The van der Waals surface area contributed by atoms with Gasteiger partial charge in [0.15, 0.2) is 0 Å². The zero-order valence-corrected chi connectivity index (χ0v) is 41.7. The molecule has 1 atom stereocenters. The number of unbranched alkanes of at least 4 members (excludes halogenated alkanes) is 1. The minimum absolute atomic E-state index is 0.131. The van der Waals surface area contributed by atoms with Gasteiger partial charge in [-0.05, 0) is 68.6 Å². The van der Waals surface area contributed by atoms with E-state index in [9.17, 15) is 37.2 Å². The molecule has 0 saturated heterocycles. The summed E-state index contributed by atoms with van der Waals surface area (Å²) in [5.74, 6) is -2.77. The maximum atomic E-state index is 14.0. The average Bonchev–Trinajstić information content (AvgIpc) is 3.69. The van der Waals surface area contributed by atoms with Gasteiger partial charge in [-0.25, -0.2) is 23.0 Å². The van der Waals surface area contributed by atoms with Crippen molar-refractivity contribution in [2.45, 2.75) is 113 Å². The number of fused-ring (bicyclic) bond motifs is 5. The maximum absolute atomic E-state index is 14.0. The minimum atomic E-state index is -3.50. The molecule has 1 unspecified atom stereocenters. The smallest absolute Gasteiger partial charge is 0.458 e. The number of nitrogens with one attached hydrogen (secondary N) is 2. The van der Waals surface area contributed by atoms with Crippen LogP contribution in [-0.2, 0) is 74.3 Å². The monoisotopic (exact) mass is 967 g/mol. The van der Waals surface area contributed by atoms with Crippen LogP contribution in [-0.4, -0.2) is 97.3 Å². The Bertz CT molecular complexity index is 2490. The number of rotatable bonds is 17. The molecule has 2 aromatic heterocycles. The first-order valence-electron chi connectivity index (χ1n) is 22.9. The molecular weight excluding hydrogens is 899 g/mol. The number of nitrogens with zero attached hydrogens (tertiary/aromatic N) is 3. The number of nitrogens with two attached hydrogens (primary N) is 2. The van der Waals surface area contributed by atoms with E-state index in [1.807, 2.05) is 65.8 Å². The van der Waals surface area contributed by atoms with Crippen molar-refractivity contribution in [1.82, 2.24) is 19.2 Å². The first kappa shape index (κ1) is 57.9. The molecule has 6 N–H and O–H groups in total. The van der Waals surface area contributed by atoms with E-state index in [-0.39, 0.29) is 50.0 Å². The van der Waals surface area contributed by atoms with Crippen molar-refractivity contribution in [3.8, 4) is 11.4 Å². The molecule has 6 rings (SSSR count). The molecule has 0 aliphatic carbocycles. The van der Waals surface area contributed by atoms with Gasteiger partial charge in [0, 0.05) is 34.8 Å². The Morgan fingerprint density at radius 1 is 0.956 bits per heavy atom. The third-order valence-electron chi connectivity index (χ3n) is 9.83. The van der Waals surface area contributed by atoms with Gasteiger partial charge >= 0.3 is 12.1 Å². The van der Waals surface area contributed by atoms with Crippen LogP contribution in [0.2, 0.25) is 0 Å². The number of pyridine rings is 2. The summed E-state index contributed by atoms with van der Waals surface area (Å²) < 4.78 is 48.8. The lowest BCUT2D eigenvalue weighted by atomic mass is 9.97. The number of hydrogen-bond acceptors (Lipinski definition) is 14. The molecule has 2 aliphatic rings. The number of carbonyl (C=O) groups is 5. The Kier molecular flexibility index (Phi) is 24.6. The fraction of sp³-hybridized carbons (Fsp3) is 0.479. The summed E-state index contributed by atoms with van der Waals surface area (Å²) in [5, 5.41) is 5.75. The summed E-state index contributed by atoms with van der Waals surface area (Å²) in [7, 11) is -3.50. The normalized spacial score (nSPS) is 13.0. The lowest BCUT2D eigenvalue weighted by Gasteiger charge is -2.24. The molecular formula is C48H69N7O12S. The fourth-order valence-corrected chi connectivity index (χ4v) is 8.10. The topological polar surface area (TPSA) is 271 Å². The first-order chi connectivity index (χ1) is 32.5. The molecule has 19 nitrogen and oxygen atoms in total. The molecule has 2 aromatic carbocycles. The van der Waals surface area contributed by atoms with Crippen LogP contribution in [0.1, 0.15) is 109 Å². The van der Waals surface area contributed by atoms with Crippen molar-refractivity contribution in [2.24, 2.45) is 11.5 Å². The van der Waals surface area contributed by atoms with Crippen molar-refractivity contribution < 1.29 is 51.3 Å². The lowest BCUT2D eigenvalue weighted by molar-refractivity contribution is -0.159. The molecule has 0 saturated carbocycles.